The molecule has 0 unspecified atom stereocenters. The standard InChI is InChI=1S/C30H45ClFN7O7/c31-9-3-1-2-4-11-42-13-15-44-17-19-46-20-18-45-16-14-43-12-10-34-25(40)21-35-30-36-26-27(37-29(33)38-28(26)41)39(30)22-23-5-7-24(32)8-6-23/h5-8H,1-4,9-22H2,(H,34,40)(H,35,36)(H3,33,37,38,41). The quantitative estimate of drug-likeness (QED) is 0.0729. The lowest BCUT2D eigenvalue weighted by atomic mass is 10.2. The molecule has 0 saturated heterocycles. The monoisotopic (exact) mass is 669 g/mol. The second-order valence-corrected chi connectivity index (χ2v) is 10.5. The summed E-state index contributed by atoms with van der Waals surface area (Å²) in [5.41, 5.74) is 6.26. The second kappa shape index (κ2) is 22.2. The minimum atomic E-state index is -0.510. The summed E-state index contributed by atoms with van der Waals surface area (Å²) >= 11 is 5.65. The van der Waals surface area contributed by atoms with Gasteiger partial charge in [-0.3, -0.25) is 19.1 Å². The van der Waals surface area contributed by atoms with E-state index in [2.05, 4.69) is 25.6 Å². The molecule has 0 fully saturated rings. The maximum absolute atomic E-state index is 13.4. The molecule has 0 aliphatic heterocycles. The summed E-state index contributed by atoms with van der Waals surface area (Å²) in [7, 11) is 0. The molecule has 5 N–H and O–H groups in total. The molecule has 0 aliphatic rings. The molecule has 3 aromatic rings. The van der Waals surface area contributed by atoms with E-state index in [0.717, 1.165) is 43.7 Å². The topological polar surface area (TPSA) is 177 Å². The van der Waals surface area contributed by atoms with Crippen LogP contribution >= 0.6 is 11.6 Å². The Labute approximate surface area is 272 Å². The van der Waals surface area contributed by atoms with Crippen LogP contribution in [0.25, 0.3) is 11.2 Å². The lowest BCUT2D eigenvalue weighted by molar-refractivity contribution is -0.119. The number of halogens is 2. The predicted octanol–water partition coefficient (Wildman–Crippen LogP) is 2.30. The highest BCUT2D eigenvalue weighted by atomic mass is 35.5. The van der Waals surface area contributed by atoms with E-state index in [1.165, 1.54) is 12.1 Å². The molecule has 0 atom stereocenters. The van der Waals surface area contributed by atoms with Crippen LogP contribution in [-0.4, -0.2) is 110 Å². The van der Waals surface area contributed by atoms with Crippen LogP contribution in [0.4, 0.5) is 16.3 Å². The van der Waals surface area contributed by atoms with Crippen LogP contribution in [0, 0.1) is 5.82 Å². The van der Waals surface area contributed by atoms with E-state index < -0.39 is 5.56 Å². The number of aromatic nitrogens is 4. The van der Waals surface area contributed by atoms with E-state index in [1.54, 1.807) is 16.7 Å². The van der Waals surface area contributed by atoms with Crippen molar-refractivity contribution < 1.29 is 32.9 Å². The molecule has 14 nitrogen and oxygen atoms in total. The third kappa shape index (κ3) is 14.4. The normalized spacial score (nSPS) is 11.3. The van der Waals surface area contributed by atoms with Gasteiger partial charge in [0.2, 0.25) is 17.8 Å². The van der Waals surface area contributed by atoms with Gasteiger partial charge in [0.25, 0.3) is 5.56 Å². The van der Waals surface area contributed by atoms with Crippen molar-refractivity contribution in [2.45, 2.75) is 32.2 Å². The summed E-state index contributed by atoms with van der Waals surface area (Å²) in [4.78, 5) is 35.7. The van der Waals surface area contributed by atoms with Gasteiger partial charge in [0.05, 0.1) is 72.6 Å². The number of unbranched alkanes of at least 4 members (excludes halogenated alkanes) is 3. The minimum Gasteiger partial charge on any atom is -0.379 e. The van der Waals surface area contributed by atoms with Crippen molar-refractivity contribution in [2.75, 3.05) is 96.1 Å². The highest BCUT2D eigenvalue weighted by Gasteiger charge is 2.17. The second-order valence-electron chi connectivity index (χ2n) is 10.1. The molecule has 0 aliphatic carbocycles. The number of alkyl halides is 1. The van der Waals surface area contributed by atoms with E-state index in [0.29, 0.717) is 66.0 Å². The first kappa shape index (κ1) is 37.1. The Balaban J connectivity index is 1.19. The molecule has 0 bridgehead atoms. The molecule has 0 radical (unpaired) electrons. The fourth-order valence-electron chi connectivity index (χ4n) is 4.20. The summed E-state index contributed by atoms with van der Waals surface area (Å²) in [6.45, 7) is 5.28. The molecular weight excluding hydrogens is 625 g/mol. The zero-order valence-corrected chi connectivity index (χ0v) is 26.8. The molecule has 1 amide bonds. The number of imidazole rings is 1. The van der Waals surface area contributed by atoms with Gasteiger partial charge in [0.1, 0.15) is 5.82 Å². The fraction of sp³-hybridized carbons (Fsp3) is 0.600. The van der Waals surface area contributed by atoms with E-state index in [-0.39, 0.29) is 47.9 Å². The molecule has 2 heterocycles. The fourth-order valence-corrected chi connectivity index (χ4v) is 4.39. The summed E-state index contributed by atoms with van der Waals surface area (Å²) in [5, 5.41) is 5.69. The van der Waals surface area contributed by atoms with Crippen molar-refractivity contribution in [3.05, 3.63) is 46.0 Å². The van der Waals surface area contributed by atoms with Crippen LogP contribution in [0.1, 0.15) is 31.2 Å². The lowest BCUT2D eigenvalue weighted by Crippen LogP contribution is -2.33. The number of nitrogen functional groups attached to an aromatic ring is 1. The van der Waals surface area contributed by atoms with Crippen LogP contribution in [0.15, 0.2) is 29.1 Å². The van der Waals surface area contributed by atoms with Gasteiger partial charge < -0.3 is 40.1 Å². The number of nitrogens with one attached hydrogen (secondary N) is 3. The molecule has 2 aromatic heterocycles. The number of anilines is 2. The number of aromatic amines is 1. The molecule has 0 saturated carbocycles. The van der Waals surface area contributed by atoms with Gasteiger partial charge in [0.15, 0.2) is 11.2 Å². The Morgan fingerprint density at radius 2 is 1.43 bits per heavy atom. The van der Waals surface area contributed by atoms with Crippen LogP contribution in [0.5, 0.6) is 0 Å². The van der Waals surface area contributed by atoms with Crippen LogP contribution in [-0.2, 0) is 35.0 Å². The SMILES string of the molecule is Nc1nc2c(nc(NCC(=O)NCCOCCOCCOCCOCCOCCCCCCCl)n2Cc2ccc(F)cc2)c(=O)[nH]1. The van der Waals surface area contributed by atoms with Crippen molar-refractivity contribution in [2.24, 2.45) is 0 Å². The van der Waals surface area contributed by atoms with E-state index in [1.807, 2.05) is 0 Å². The van der Waals surface area contributed by atoms with Crippen LogP contribution in [0.3, 0.4) is 0 Å². The van der Waals surface area contributed by atoms with Crippen molar-refractivity contribution in [1.29, 1.82) is 0 Å². The van der Waals surface area contributed by atoms with Gasteiger partial charge in [-0.05, 0) is 30.5 Å². The summed E-state index contributed by atoms with van der Waals surface area (Å²) in [5.74, 6) is 0.226. The number of amides is 1. The van der Waals surface area contributed by atoms with E-state index in [4.69, 9.17) is 41.0 Å². The number of nitrogens with zero attached hydrogens (tertiary/aromatic N) is 3. The number of fused-ring (bicyclic) bond motifs is 1. The number of ether oxygens (including phenoxy) is 5. The van der Waals surface area contributed by atoms with Gasteiger partial charge in [0, 0.05) is 19.0 Å². The average Bonchev–Trinajstić information content (AvgIpc) is 3.38. The lowest BCUT2D eigenvalue weighted by Gasteiger charge is -2.11. The van der Waals surface area contributed by atoms with Gasteiger partial charge >= 0.3 is 0 Å². The van der Waals surface area contributed by atoms with E-state index in [9.17, 15) is 14.0 Å². The number of carbonyl (C=O) groups is 1. The predicted molar refractivity (Wildman–Crippen MR) is 173 cm³/mol. The maximum Gasteiger partial charge on any atom is 0.280 e. The number of benzene rings is 1. The average molecular weight is 670 g/mol. The number of hydrogen-bond donors (Lipinski definition) is 4. The Hall–Kier alpha value is -3.34. The zero-order chi connectivity index (χ0) is 32.8. The van der Waals surface area contributed by atoms with E-state index >= 15 is 0 Å². The minimum absolute atomic E-state index is 0.0626. The number of H-pyrrole nitrogens is 1. The highest BCUT2D eigenvalue weighted by molar-refractivity contribution is 6.17. The molecule has 3 rings (SSSR count). The highest BCUT2D eigenvalue weighted by Crippen LogP contribution is 2.18. The first-order valence-electron chi connectivity index (χ1n) is 15.4. The third-order valence-electron chi connectivity index (χ3n) is 6.51. The van der Waals surface area contributed by atoms with Gasteiger partial charge in [-0.2, -0.15) is 4.98 Å². The molecule has 46 heavy (non-hydrogen) atoms. The Morgan fingerprint density at radius 3 is 2.07 bits per heavy atom. The van der Waals surface area contributed by atoms with Crippen LogP contribution in [0.2, 0.25) is 0 Å². The molecule has 256 valence electrons. The smallest absolute Gasteiger partial charge is 0.280 e. The molecule has 1 aromatic carbocycles. The van der Waals surface area contributed by atoms with Crippen molar-refractivity contribution in [3.8, 4) is 0 Å². The Kier molecular flexibility index (Phi) is 17.9. The molecule has 0 spiro atoms. The molecular formula is C30H45ClFN7O7. The first-order valence-corrected chi connectivity index (χ1v) is 16.0. The number of nitrogens with two attached hydrogens (primary N) is 1. The summed E-state index contributed by atoms with van der Waals surface area (Å²) < 4.78 is 42.4. The Bertz CT molecular complexity index is 1340. The summed E-state index contributed by atoms with van der Waals surface area (Å²) in [6, 6.07) is 5.88. The summed E-state index contributed by atoms with van der Waals surface area (Å²) in [6.07, 6.45) is 4.40. The maximum atomic E-state index is 13.4. The van der Waals surface area contributed by atoms with Gasteiger partial charge in [-0.1, -0.05) is 25.0 Å². The third-order valence-corrected chi connectivity index (χ3v) is 6.78. The van der Waals surface area contributed by atoms with Crippen LogP contribution < -0.4 is 21.9 Å². The first-order chi connectivity index (χ1) is 22.5. The van der Waals surface area contributed by atoms with Crippen molar-refractivity contribution in [1.82, 2.24) is 24.8 Å². The molecule has 16 heteroatoms. The van der Waals surface area contributed by atoms with Gasteiger partial charge in [-0.15, -0.1) is 11.6 Å². The van der Waals surface area contributed by atoms with Crippen molar-refractivity contribution >= 4 is 40.6 Å². The number of hydrogen-bond acceptors (Lipinski definition) is 11. The largest absolute Gasteiger partial charge is 0.379 e. The van der Waals surface area contributed by atoms with Gasteiger partial charge in [-0.25, -0.2) is 9.37 Å². The van der Waals surface area contributed by atoms with Crippen molar-refractivity contribution in [3.63, 3.8) is 0 Å². The zero-order valence-electron chi connectivity index (χ0n) is 26.1. The number of carbonyl (C=O) groups excluding carboxylic acids is 1. The Morgan fingerprint density at radius 1 is 0.848 bits per heavy atom. The number of rotatable bonds is 26.